The number of nitrogens with zero attached hydrogens (tertiary/aromatic N) is 2. The average molecular weight is 248 g/mol. The van der Waals surface area contributed by atoms with Gasteiger partial charge >= 0.3 is 6.09 Å². The number of nitrogen functional groups attached to an aromatic ring is 1. The molecule has 2 rings (SSSR count). The normalized spacial score (nSPS) is 10.3. The molecule has 0 aromatic carbocycles. The number of aryl methyl sites for hydroxylation is 2. The smallest absolute Gasteiger partial charge is 0.409 e. The molecule has 7 heteroatoms. The van der Waals surface area contributed by atoms with E-state index in [9.17, 15) is 4.79 Å². The minimum atomic E-state index is -1.19. The van der Waals surface area contributed by atoms with Gasteiger partial charge in [-0.1, -0.05) is 5.16 Å². The highest BCUT2D eigenvalue weighted by Crippen LogP contribution is 2.30. The third-order valence-corrected chi connectivity index (χ3v) is 2.45. The molecule has 1 amide bonds. The van der Waals surface area contributed by atoms with E-state index < -0.39 is 6.09 Å². The van der Waals surface area contributed by atoms with Gasteiger partial charge in [0.1, 0.15) is 17.1 Å². The summed E-state index contributed by atoms with van der Waals surface area (Å²) in [5, 5.41) is 14.7. The quantitative estimate of drug-likeness (QED) is 0.749. The first-order valence-electron chi connectivity index (χ1n) is 5.18. The summed E-state index contributed by atoms with van der Waals surface area (Å²) in [5.41, 5.74) is 8.09. The van der Waals surface area contributed by atoms with E-state index in [1.54, 1.807) is 26.0 Å². The van der Waals surface area contributed by atoms with Crippen molar-refractivity contribution in [3.05, 3.63) is 23.5 Å². The molecule has 0 fully saturated rings. The molecular formula is C11H12N4O3. The summed E-state index contributed by atoms with van der Waals surface area (Å²) in [5.74, 6) is 0.276. The lowest BCUT2D eigenvalue weighted by molar-refractivity contribution is 0.209. The molecule has 7 nitrogen and oxygen atoms in total. The topological polar surface area (TPSA) is 114 Å². The predicted octanol–water partition coefficient (Wildman–Crippen LogP) is 2.03. The third kappa shape index (κ3) is 2.10. The van der Waals surface area contributed by atoms with Crippen LogP contribution in [-0.4, -0.2) is 21.3 Å². The molecule has 2 aromatic heterocycles. The van der Waals surface area contributed by atoms with Crippen LogP contribution in [0.1, 0.15) is 11.4 Å². The van der Waals surface area contributed by atoms with Crippen molar-refractivity contribution < 1.29 is 14.4 Å². The maximum absolute atomic E-state index is 10.7. The number of nitrogens with one attached hydrogen (secondary N) is 1. The molecule has 94 valence electrons. The summed E-state index contributed by atoms with van der Waals surface area (Å²) in [6, 6.07) is 3.33. The van der Waals surface area contributed by atoms with E-state index in [2.05, 4.69) is 15.5 Å². The zero-order valence-corrected chi connectivity index (χ0v) is 9.89. The number of hydrogen-bond acceptors (Lipinski definition) is 5. The van der Waals surface area contributed by atoms with Crippen LogP contribution < -0.4 is 11.1 Å². The van der Waals surface area contributed by atoms with Crippen LogP contribution in [-0.2, 0) is 0 Å². The second-order valence-corrected chi connectivity index (χ2v) is 3.77. The number of aromatic nitrogens is 2. The Morgan fingerprint density at radius 3 is 2.72 bits per heavy atom. The van der Waals surface area contributed by atoms with Gasteiger partial charge in [-0.15, -0.1) is 0 Å². The van der Waals surface area contributed by atoms with Crippen LogP contribution in [0.15, 0.2) is 16.7 Å². The SMILES string of the molecule is Cc1nc(-c2onc(C)c2NC(=O)O)ccc1N. The minimum Gasteiger partial charge on any atom is -0.465 e. The molecule has 0 aliphatic carbocycles. The number of hydrogen-bond donors (Lipinski definition) is 3. The largest absolute Gasteiger partial charge is 0.465 e. The van der Waals surface area contributed by atoms with E-state index >= 15 is 0 Å². The summed E-state index contributed by atoms with van der Waals surface area (Å²) >= 11 is 0. The Hall–Kier alpha value is -2.57. The molecule has 0 aliphatic rings. The summed E-state index contributed by atoms with van der Waals surface area (Å²) in [7, 11) is 0. The Morgan fingerprint density at radius 2 is 2.11 bits per heavy atom. The summed E-state index contributed by atoms with van der Waals surface area (Å²) in [4.78, 5) is 14.9. The number of rotatable bonds is 2. The number of pyridine rings is 1. The first-order valence-corrected chi connectivity index (χ1v) is 5.18. The van der Waals surface area contributed by atoms with Gasteiger partial charge in [-0.3, -0.25) is 5.32 Å². The lowest BCUT2D eigenvalue weighted by Gasteiger charge is -2.03. The number of amides is 1. The van der Waals surface area contributed by atoms with Crippen LogP contribution in [0.5, 0.6) is 0 Å². The first kappa shape index (κ1) is 11.9. The van der Waals surface area contributed by atoms with Gasteiger partial charge in [-0.25, -0.2) is 9.78 Å². The van der Waals surface area contributed by atoms with Crippen molar-refractivity contribution in [3.8, 4) is 11.5 Å². The molecule has 0 spiro atoms. The Kier molecular flexibility index (Phi) is 2.88. The Labute approximate surface area is 103 Å². The molecule has 0 radical (unpaired) electrons. The zero-order valence-electron chi connectivity index (χ0n) is 9.89. The maximum Gasteiger partial charge on any atom is 0.409 e. The number of carboxylic acid groups (broad SMARTS) is 1. The molecule has 2 heterocycles. The summed E-state index contributed by atoms with van der Waals surface area (Å²) in [6.45, 7) is 3.40. The van der Waals surface area contributed by atoms with Crippen LogP contribution in [0.3, 0.4) is 0 Å². The summed E-state index contributed by atoms with van der Waals surface area (Å²) < 4.78 is 5.10. The molecule has 0 saturated carbocycles. The van der Waals surface area contributed by atoms with Crippen LogP contribution in [0.2, 0.25) is 0 Å². The molecule has 18 heavy (non-hydrogen) atoms. The third-order valence-electron chi connectivity index (χ3n) is 2.45. The van der Waals surface area contributed by atoms with Gasteiger partial charge in [0.25, 0.3) is 0 Å². The van der Waals surface area contributed by atoms with Crippen molar-refractivity contribution in [2.24, 2.45) is 0 Å². The Balaban J connectivity index is 2.50. The fourth-order valence-electron chi connectivity index (χ4n) is 1.50. The second-order valence-electron chi connectivity index (χ2n) is 3.77. The number of nitrogens with two attached hydrogens (primary N) is 1. The fraction of sp³-hybridized carbons (Fsp3) is 0.182. The van der Waals surface area contributed by atoms with Crippen LogP contribution >= 0.6 is 0 Å². The van der Waals surface area contributed by atoms with Crippen molar-refractivity contribution >= 4 is 17.5 Å². The standard InChI is InChI=1S/C11H12N4O3/c1-5-7(12)3-4-8(13-5)10-9(14-11(16)17)6(2)15-18-10/h3-4,14H,12H2,1-2H3,(H,16,17). The van der Waals surface area contributed by atoms with Gasteiger partial charge in [-0.05, 0) is 26.0 Å². The lowest BCUT2D eigenvalue weighted by atomic mass is 10.2. The summed E-state index contributed by atoms with van der Waals surface area (Å²) in [6.07, 6.45) is -1.19. The highest BCUT2D eigenvalue weighted by molar-refractivity contribution is 5.89. The molecule has 2 aromatic rings. The van der Waals surface area contributed by atoms with Gasteiger partial charge in [0.05, 0.1) is 11.4 Å². The van der Waals surface area contributed by atoms with Gasteiger partial charge in [0.2, 0.25) is 5.76 Å². The van der Waals surface area contributed by atoms with Gasteiger partial charge in [0.15, 0.2) is 0 Å². The van der Waals surface area contributed by atoms with Crippen molar-refractivity contribution in [2.75, 3.05) is 11.1 Å². The van der Waals surface area contributed by atoms with E-state index in [4.69, 9.17) is 15.4 Å². The maximum atomic E-state index is 10.7. The number of anilines is 2. The monoisotopic (exact) mass is 248 g/mol. The van der Waals surface area contributed by atoms with Gasteiger partial charge in [-0.2, -0.15) is 0 Å². The Bertz CT molecular complexity index is 606. The average Bonchev–Trinajstić information content (AvgIpc) is 2.64. The Morgan fingerprint density at radius 1 is 1.39 bits per heavy atom. The number of carbonyl (C=O) groups is 1. The van der Waals surface area contributed by atoms with E-state index in [1.807, 2.05) is 0 Å². The molecule has 0 bridgehead atoms. The molecule has 0 atom stereocenters. The zero-order chi connectivity index (χ0) is 13.3. The highest BCUT2D eigenvalue weighted by atomic mass is 16.5. The highest BCUT2D eigenvalue weighted by Gasteiger charge is 2.18. The second kappa shape index (κ2) is 4.36. The van der Waals surface area contributed by atoms with Crippen LogP contribution in [0.4, 0.5) is 16.2 Å². The molecular weight excluding hydrogens is 236 g/mol. The minimum absolute atomic E-state index is 0.276. The van der Waals surface area contributed by atoms with Crippen molar-refractivity contribution in [1.82, 2.24) is 10.1 Å². The molecule has 0 unspecified atom stereocenters. The van der Waals surface area contributed by atoms with Crippen molar-refractivity contribution in [2.45, 2.75) is 13.8 Å². The molecule has 4 N–H and O–H groups in total. The molecule has 0 aliphatic heterocycles. The van der Waals surface area contributed by atoms with E-state index in [1.165, 1.54) is 0 Å². The van der Waals surface area contributed by atoms with Gasteiger partial charge < -0.3 is 15.4 Å². The van der Waals surface area contributed by atoms with E-state index in [-0.39, 0.29) is 5.76 Å². The predicted molar refractivity (Wildman–Crippen MR) is 65.3 cm³/mol. The van der Waals surface area contributed by atoms with E-state index in [0.717, 1.165) is 0 Å². The lowest BCUT2D eigenvalue weighted by Crippen LogP contribution is -2.08. The fourth-order valence-corrected chi connectivity index (χ4v) is 1.50. The van der Waals surface area contributed by atoms with Crippen molar-refractivity contribution in [1.29, 1.82) is 0 Å². The van der Waals surface area contributed by atoms with Crippen LogP contribution in [0.25, 0.3) is 11.5 Å². The van der Waals surface area contributed by atoms with Crippen LogP contribution in [0, 0.1) is 13.8 Å². The van der Waals surface area contributed by atoms with E-state index in [0.29, 0.717) is 28.5 Å². The first-order chi connectivity index (χ1) is 8.49. The van der Waals surface area contributed by atoms with Crippen molar-refractivity contribution in [3.63, 3.8) is 0 Å². The molecule has 0 saturated heterocycles. The van der Waals surface area contributed by atoms with Gasteiger partial charge in [0, 0.05) is 0 Å².